The predicted molar refractivity (Wildman–Crippen MR) is 336 cm³/mol. The summed E-state index contributed by atoms with van der Waals surface area (Å²) in [5, 5.41) is 25.7. The van der Waals surface area contributed by atoms with Crippen LogP contribution >= 0.6 is 0 Å². The van der Waals surface area contributed by atoms with Gasteiger partial charge >= 0.3 is 0 Å². The zero-order chi connectivity index (χ0) is 64.7. The molecule has 25 heteroatoms. The maximum Gasteiger partial charge on any atom is 0.254 e. The van der Waals surface area contributed by atoms with Gasteiger partial charge in [-0.2, -0.15) is 0 Å². The standard InChI is InChI=1S/C67H102N8O15S.Tb/c1-36(2)57(74-55(78)15-10-9-12-22-68-63(80)41-32-71-66(91)72-33-41)65(82)73-49(14-11-13-23-75(6)7)64(81)70-35-56(79)69-34-43(77)29-54-59(83-8)47-28-42(76)27-45-17-19-51-62(86-45)61-48-26-40-31-67(90-61,89-58(40)60(48)88-51)21-20-46-25-38(4)50(84-46)18-16-44-24-37(3)39(5)52(85-44)30-53(47)87-54;/h32-33,36-37,40,43-54,57-62,77H,4-5,9-31,34-35H2,1-3,6-8H3,(H,68,80)(H,69,79)(H,70,81)(H,73,82)(H,74,78)(H,71,72,91);/p-1/t37-,40?,43+,44+,45-,46+,47+,48?,49+,50?,51+,52-,53+,54-,57+,58+,59-,60-,61-,62+,67+;/m1./s1. The summed E-state index contributed by atoms with van der Waals surface area (Å²) in [6, 6.07) is -1.94. The monoisotopic (exact) mass is 1450 g/mol. The van der Waals surface area contributed by atoms with Crippen molar-refractivity contribution in [2.45, 2.75) is 264 Å². The predicted octanol–water partition coefficient (Wildman–Crippen LogP) is 4.62. The van der Waals surface area contributed by atoms with Crippen LogP contribution in [0.3, 0.4) is 0 Å². The normalized spacial score (nSPS) is 35.1. The quantitative estimate of drug-likeness (QED) is 0.0356. The Labute approximate surface area is 579 Å². The second-order valence-electron chi connectivity index (χ2n) is 28.2. The summed E-state index contributed by atoms with van der Waals surface area (Å²) in [5.74, 6) is -2.99. The number of nitrogens with zero attached hydrogens (tertiary/aromatic N) is 3. The topological polar surface area (TPSA) is 286 Å². The minimum Gasteiger partial charge on any atom is -0.740 e. The minimum absolute atomic E-state index is 0. The zero-order valence-electron chi connectivity index (χ0n) is 54.6. The number of aromatic nitrogens is 2. The summed E-state index contributed by atoms with van der Waals surface area (Å²) in [6.07, 6.45) is 10.8. The number of rotatable bonds is 24. The number of Topliss-reactive ketones (excluding diaryl/α,β-unsaturated/α-hetero) is 1. The number of unbranched alkanes of at least 4 members (excludes halogenated alkanes) is 3. The van der Waals surface area contributed by atoms with E-state index in [1.165, 1.54) is 12.4 Å². The first kappa shape index (κ1) is 72.9. The number of carbonyl (C=O) groups is 6. The van der Waals surface area contributed by atoms with Gasteiger partial charge in [0, 0.05) is 133 Å². The van der Waals surface area contributed by atoms with E-state index in [-0.39, 0.29) is 179 Å². The van der Waals surface area contributed by atoms with Crippen LogP contribution in [0.25, 0.3) is 0 Å². The molecule has 515 valence electrons. The Kier molecular flexibility index (Phi) is 26.4. The number of carbonyl (C=O) groups excluding carboxylic acids is 6. The largest absolute Gasteiger partial charge is 0.740 e. The van der Waals surface area contributed by atoms with E-state index in [0.717, 1.165) is 81.9 Å². The Morgan fingerprint density at radius 3 is 2.28 bits per heavy atom. The molecule has 92 heavy (non-hydrogen) atoms. The third kappa shape index (κ3) is 18.5. The van der Waals surface area contributed by atoms with Crippen LogP contribution in [0, 0.1) is 68.2 Å². The molecule has 1 aromatic rings. The molecule has 11 rings (SSSR count). The average molecular weight is 1450 g/mol. The van der Waals surface area contributed by atoms with Gasteiger partial charge in [0.15, 0.2) is 5.79 Å². The van der Waals surface area contributed by atoms with Crippen molar-refractivity contribution in [1.29, 1.82) is 0 Å². The van der Waals surface area contributed by atoms with Gasteiger partial charge in [0.1, 0.15) is 24.0 Å². The number of aliphatic hydroxyl groups excluding tert-OH is 1. The van der Waals surface area contributed by atoms with Crippen LogP contribution in [0.15, 0.2) is 41.9 Å². The third-order valence-electron chi connectivity index (χ3n) is 20.8. The number of hydrogen-bond acceptors (Lipinski definition) is 19. The van der Waals surface area contributed by atoms with Crippen LogP contribution in [0.2, 0.25) is 0 Å². The fourth-order valence-electron chi connectivity index (χ4n) is 15.9. The number of aliphatic hydroxyl groups is 1. The Morgan fingerprint density at radius 1 is 0.772 bits per heavy atom. The van der Waals surface area contributed by atoms with Gasteiger partial charge in [-0.1, -0.05) is 40.3 Å². The van der Waals surface area contributed by atoms with Crippen molar-refractivity contribution < 1.29 is 110 Å². The van der Waals surface area contributed by atoms with Crippen molar-refractivity contribution >= 4 is 47.9 Å². The Hall–Kier alpha value is -3.31. The van der Waals surface area contributed by atoms with E-state index in [9.17, 15) is 33.9 Å². The second-order valence-corrected chi connectivity index (χ2v) is 28.6. The van der Waals surface area contributed by atoms with E-state index in [2.05, 4.69) is 56.6 Å². The number of nitrogens with one attached hydrogen (secondary N) is 5. The molecule has 5 amide bonds. The van der Waals surface area contributed by atoms with Gasteiger partial charge in [0.25, 0.3) is 5.91 Å². The number of methoxy groups -OCH3 is 1. The number of ether oxygens (including phenoxy) is 8. The van der Waals surface area contributed by atoms with Gasteiger partial charge in [-0.15, -0.1) is 0 Å². The Bertz CT molecular complexity index is 2730. The van der Waals surface area contributed by atoms with Gasteiger partial charge in [0.05, 0.1) is 91.5 Å². The molecule has 1 aliphatic carbocycles. The molecule has 3 unspecified atom stereocenters. The Balaban J connectivity index is 0.00001000. The maximum atomic E-state index is 14.6. The molecule has 21 atom stereocenters. The van der Waals surface area contributed by atoms with Crippen LogP contribution in [-0.4, -0.2) is 206 Å². The van der Waals surface area contributed by atoms with Crippen molar-refractivity contribution in [3.05, 3.63) is 42.3 Å². The van der Waals surface area contributed by atoms with Crippen molar-refractivity contribution in [2.24, 2.45) is 29.6 Å². The summed E-state index contributed by atoms with van der Waals surface area (Å²) < 4.78 is 54.8. The molecule has 9 aliphatic heterocycles. The van der Waals surface area contributed by atoms with Crippen molar-refractivity contribution in [3.8, 4) is 0 Å². The molecule has 1 saturated carbocycles. The van der Waals surface area contributed by atoms with Crippen molar-refractivity contribution in [1.82, 2.24) is 41.5 Å². The van der Waals surface area contributed by atoms with Crippen LogP contribution in [0.5, 0.6) is 0 Å². The molecular weight excluding hydrogens is 1350 g/mol. The zero-order valence-corrected chi connectivity index (χ0v) is 57.6. The van der Waals surface area contributed by atoms with Gasteiger partial charge in [-0.05, 0) is 133 Å². The maximum absolute atomic E-state index is 14.6. The summed E-state index contributed by atoms with van der Waals surface area (Å²) in [7, 11) is 5.50. The van der Waals surface area contributed by atoms with Crippen LogP contribution in [-0.2, 0) is 74.5 Å². The van der Waals surface area contributed by atoms with Gasteiger partial charge < -0.3 is 87.1 Å². The molecule has 9 saturated heterocycles. The van der Waals surface area contributed by atoms with Gasteiger partial charge in [0.2, 0.25) is 23.6 Å². The molecule has 10 fully saturated rings. The van der Waals surface area contributed by atoms with Gasteiger partial charge in [-0.25, -0.2) is 0 Å². The van der Waals surface area contributed by atoms with Crippen LogP contribution in [0.4, 0.5) is 0 Å². The summed E-state index contributed by atoms with van der Waals surface area (Å²) in [4.78, 5) is 91.0. The molecule has 10 aliphatic rings. The summed E-state index contributed by atoms with van der Waals surface area (Å²) in [6.45, 7) is 15.4. The molecule has 23 nitrogen and oxygen atoms in total. The second kappa shape index (κ2) is 33.3. The van der Waals surface area contributed by atoms with E-state index in [1.54, 1.807) is 21.0 Å². The first-order chi connectivity index (χ1) is 43.6. The van der Waals surface area contributed by atoms with E-state index in [0.29, 0.717) is 56.6 Å². The number of ketones is 1. The number of amides is 5. The molecule has 1 radical (unpaired) electrons. The number of hydrogen-bond donors (Lipinski definition) is 6. The molecule has 1 spiro atoms. The van der Waals surface area contributed by atoms with Crippen molar-refractivity contribution in [2.75, 3.05) is 47.4 Å². The molecule has 12 bridgehead atoms. The molecule has 0 aromatic carbocycles. The fourth-order valence-corrected chi connectivity index (χ4v) is 16.0. The Morgan fingerprint density at radius 2 is 1.52 bits per heavy atom. The first-order valence-electron chi connectivity index (χ1n) is 33.9. The molecule has 10 heterocycles. The van der Waals surface area contributed by atoms with E-state index < -0.39 is 72.5 Å². The fraction of sp³-hybridized carbons (Fsp3) is 0.791. The van der Waals surface area contributed by atoms with E-state index >= 15 is 0 Å². The summed E-state index contributed by atoms with van der Waals surface area (Å²) >= 11 is 4.88. The molecule has 6 N–H and O–H groups in total. The minimum atomic E-state index is -1.10. The van der Waals surface area contributed by atoms with Crippen LogP contribution < -0.4 is 26.6 Å². The third-order valence-corrected chi connectivity index (χ3v) is 21.0. The average Bonchev–Trinajstić information content (AvgIpc) is 1.55. The first-order valence-corrected chi connectivity index (χ1v) is 34.3. The molecular formula is C67H101N8O15STb-. The molecule has 1 aromatic heterocycles. The van der Waals surface area contributed by atoms with E-state index in [4.69, 9.17) is 50.5 Å². The SMILES string of the molecule is C=C1C[C@@H]2CC[C@@]34CC5CC6[C@@H](O3)[C@H]3O[C@H](CC[C@@H]3O[C@H]6[C@H]5O4)CC(=O)C[C@@H]3[C@@H](OC)[C@@H](C[C@H](O)CNC(=O)CNC(=O)[C@H](CCCCN(C)C)NC(=O)[C@@H](NC(=O)CCCCCNC(=O)c4cnc([S-])nc4)C(C)C)O[C@H]3C[C@H]3O[C@@H](CCC1O2)C[C@@H](C)C3=C.[Tb]. The number of fused-ring (bicyclic) bond motifs is 6. The van der Waals surface area contributed by atoms with Gasteiger partial charge in [-0.3, -0.25) is 38.7 Å². The summed E-state index contributed by atoms with van der Waals surface area (Å²) in [5.41, 5.74) is 2.39. The van der Waals surface area contributed by atoms with Crippen molar-refractivity contribution in [3.63, 3.8) is 0 Å². The smallest absolute Gasteiger partial charge is 0.254 e. The van der Waals surface area contributed by atoms with E-state index in [1.807, 2.05) is 19.0 Å². The van der Waals surface area contributed by atoms with Crippen LogP contribution in [0.1, 0.15) is 166 Å².